The molecule has 0 heterocycles. The van der Waals surface area contributed by atoms with Crippen molar-refractivity contribution in [2.75, 3.05) is 6.54 Å². The quantitative estimate of drug-likeness (QED) is 0.832. The maximum Gasteiger partial charge on any atom is 0.0409 e. The summed E-state index contributed by atoms with van der Waals surface area (Å²) >= 11 is 7.85. The summed E-state index contributed by atoms with van der Waals surface area (Å²) in [5.41, 5.74) is 8.21. The highest BCUT2D eigenvalue weighted by molar-refractivity contribution is 7.98. The van der Waals surface area contributed by atoms with Crippen molar-refractivity contribution in [1.29, 1.82) is 0 Å². The van der Waals surface area contributed by atoms with E-state index < -0.39 is 0 Å². The van der Waals surface area contributed by atoms with Crippen molar-refractivity contribution < 1.29 is 0 Å². The molecule has 0 aliphatic carbocycles. The van der Waals surface area contributed by atoms with Gasteiger partial charge in [-0.15, -0.1) is 11.8 Å². The number of hydrogen-bond acceptors (Lipinski definition) is 2. The molecule has 0 amide bonds. The Hall–Kier alpha value is -0.960. The summed E-state index contributed by atoms with van der Waals surface area (Å²) in [6.45, 7) is 0.652. The molecule has 0 unspecified atom stereocenters. The fourth-order valence-electron chi connectivity index (χ4n) is 1.78. The molecular weight excluding hydrogens is 262 g/mol. The van der Waals surface area contributed by atoms with E-state index in [9.17, 15) is 0 Å². The van der Waals surface area contributed by atoms with Gasteiger partial charge in [-0.2, -0.15) is 0 Å². The highest BCUT2D eigenvalue weighted by atomic mass is 35.5. The molecule has 0 saturated carbocycles. The topological polar surface area (TPSA) is 26.0 Å². The van der Waals surface area contributed by atoms with Crippen molar-refractivity contribution in [3.05, 3.63) is 64.7 Å². The van der Waals surface area contributed by atoms with Crippen LogP contribution < -0.4 is 5.73 Å². The van der Waals surface area contributed by atoms with Crippen molar-refractivity contribution in [3.63, 3.8) is 0 Å². The first kappa shape index (κ1) is 13.5. The Kier molecular flexibility index (Phi) is 5.12. The second-order valence-corrected chi connectivity index (χ2v) is 5.52. The van der Waals surface area contributed by atoms with Crippen molar-refractivity contribution in [1.82, 2.24) is 0 Å². The third-order valence-electron chi connectivity index (χ3n) is 2.67. The van der Waals surface area contributed by atoms with Crippen LogP contribution in [0.5, 0.6) is 0 Å². The van der Waals surface area contributed by atoms with Gasteiger partial charge in [0, 0.05) is 15.7 Å². The smallest absolute Gasteiger partial charge is 0.0409 e. The lowest BCUT2D eigenvalue weighted by Gasteiger charge is -2.09. The van der Waals surface area contributed by atoms with Gasteiger partial charge < -0.3 is 5.73 Å². The Morgan fingerprint density at radius 1 is 1.06 bits per heavy atom. The molecule has 0 aromatic heterocycles. The normalized spacial score (nSPS) is 10.6. The predicted molar refractivity (Wildman–Crippen MR) is 80.2 cm³/mol. The zero-order valence-electron chi connectivity index (χ0n) is 10.1. The van der Waals surface area contributed by atoms with Crippen LogP contribution in [0.15, 0.2) is 53.4 Å². The summed E-state index contributed by atoms with van der Waals surface area (Å²) < 4.78 is 0. The molecular formula is C15H16ClNS. The molecule has 94 valence electrons. The lowest BCUT2D eigenvalue weighted by Crippen LogP contribution is -2.03. The van der Waals surface area contributed by atoms with E-state index in [0.717, 1.165) is 17.2 Å². The second kappa shape index (κ2) is 6.83. The van der Waals surface area contributed by atoms with Gasteiger partial charge in [0.25, 0.3) is 0 Å². The molecule has 1 nitrogen and oxygen atoms in total. The molecule has 0 bridgehead atoms. The maximum atomic E-state index is 6.02. The third-order valence-corrected chi connectivity index (χ3v) is 4.10. The van der Waals surface area contributed by atoms with E-state index in [-0.39, 0.29) is 0 Å². The SMILES string of the molecule is NCCc1cc(Cl)ccc1SCc1ccccc1. The molecule has 2 rings (SSSR count). The summed E-state index contributed by atoms with van der Waals surface area (Å²) in [6, 6.07) is 16.5. The number of rotatable bonds is 5. The standard InChI is InChI=1S/C15H16ClNS/c16-14-6-7-15(13(10-14)8-9-17)18-11-12-4-2-1-3-5-12/h1-7,10H,8-9,11,17H2. The van der Waals surface area contributed by atoms with Gasteiger partial charge in [-0.05, 0) is 42.3 Å². The van der Waals surface area contributed by atoms with Crippen LogP contribution in [-0.2, 0) is 12.2 Å². The van der Waals surface area contributed by atoms with E-state index in [1.165, 1.54) is 16.0 Å². The van der Waals surface area contributed by atoms with E-state index in [1.54, 1.807) is 0 Å². The van der Waals surface area contributed by atoms with Crippen LogP contribution in [0.3, 0.4) is 0 Å². The minimum Gasteiger partial charge on any atom is -0.330 e. The number of halogens is 1. The van der Waals surface area contributed by atoms with E-state index in [1.807, 2.05) is 30.0 Å². The molecule has 0 fully saturated rings. The van der Waals surface area contributed by atoms with E-state index >= 15 is 0 Å². The van der Waals surface area contributed by atoms with Gasteiger partial charge in [-0.25, -0.2) is 0 Å². The summed E-state index contributed by atoms with van der Waals surface area (Å²) in [4.78, 5) is 1.27. The Labute approximate surface area is 117 Å². The molecule has 0 saturated heterocycles. The molecule has 2 aromatic rings. The van der Waals surface area contributed by atoms with Crippen molar-refractivity contribution >= 4 is 23.4 Å². The Bertz CT molecular complexity index is 499. The molecule has 0 aliphatic rings. The van der Waals surface area contributed by atoms with Crippen LogP contribution in [0.25, 0.3) is 0 Å². The fourth-order valence-corrected chi connectivity index (χ4v) is 2.99. The van der Waals surface area contributed by atoms with Gasteiger partial charge in [0.15, 0.2) is 0 Å². The minimum absolute atomic E-state index is 0.652. The van der Waals surface area contributed by atoms with Crippen molar-refractivity contribution in [2.24, 2.45) is 5.73 Å². The van der Waals surface area contributed by atoms with Crippen LogP contribution in [0.1, 0.15) is 11.1 Å². The van der Waals surface area contributed by atoms with E-state index in [0.29, 0.717) is 6.54 Å². The molecule has 2 aromatic carbocycles. The van der Waals surface area contributed by atoms with Crippen LogP contribution in [0.4, 0.5) is 0 Å². The van der Waals surface area contributed by atoms with Crippen LogP contribution in [-0.4, -0.2) is 6.54 Å². The van der Waals surface area contributed by atoms with Crippen molar-refractivity contribution in [3.8, 4) is 0 Å². The first-order chi connectivity index (χ1) is 8.79. The van der Waals surface area contributed by atoms with Crippen LogP contribution in [0.2, 0.25) is 5.02 Å². The summed E-state index contributed by atoms with van der Waals surface area (Å²) in [5.74, 6) is 0.972. The number of hydrogen-bond donors (Lipinski definition) is 1. The summed E-state index contributed by atoms with van der Waals surface area (Å²) in [5, 5.41) is 0.780. The Balaban J connectivity index is 2.09. The molecule has 3 heteroatoms. The third kappa shape index (κ3) is 3.77. The molecule has 18 heavy (non-hydrogen) atoms. The van der Waals surface area contributed by atoms with Gasteiger partial charge in [0.05, 0.1) is 0 Å². The highest BCUT2D eigenvalue weighted by Gasteiger charge is 2.04. The number of benzene rings is 2. The van der Waals surface area contributed by atoms with Gasteiger partial charge in [0.1, 0.15) is 0 Å². The predicted octanol–water partition coefficient (Wildman–Crippen LogP) is 4.13. The maximum absolute atomic E-state index is 6.02. The fraction of sp³-hybridized carbons (Fsp3) is 0.200. The van der Waals surface area contributed by atoms with Crippen molar-refractivity contribution in [2.45, 2.75) is 17.1 Å². The highest BCUT2D eigenvalue weighted by Crippen LogP contribution is 2.28. The molecule has 0 radical (unpaired) electrons. The first-order valence-corrected chi connectivity index (χ1v) is 7.31. The van der Waals surface area contributed by atoms with Crippen LogP contribution in [0, 0.1) is 0 Å². The minimum atomic E-state index is 0.652. The largest absolute Gasteiger partial charge is 0.330 e. The van der Waals surface area contributed by atoms with Gasteiger partial charge in [-0.3, -0.25) is 0 Å². The molecule has 0 aliphatic heterocycles. The van der Waals surface area contributed by atoms with Gasteiger partial charge in [0.2, 0.25) is 0 Å². The molecule has 2 N–H and O–H groups in total. The Morgan fingerprint density at radius 3 is 2.56 bits per heavy atom. The average molecular weight is 278 g/mol. The average Bonchev–Trinajstić information content (AvgIpc) is 2.39. The lowest BCUT2D eigenvalue weighted by atomic mass is 10.1. The van der Waals surface area contributed by atoms with Gasteiger partial charge >= 0.3 is 0 Å². The first-order valence-electron chi connectivity index (χ1n) is 5.95. The van der Waals surface area contributed by atoms with E-state index in [4.69, 9.17) is 17.3 Å². The number of thioether (sulfide) groups is 1. The second-order valence-electron chi connectivity index (χ2n) is 4.06. The monoisotopic (exact) mass is 277 g/mol. The molecule has 0 spiro atoms. The summed E-state index contributed by atoms with van der Waals surface area (Å²) in [7, 11) is 0. The van der Waals surface area contributed by atoms with Gasteiger partial charge in [-0.1, -0.05) is 41.9 Å². The van der Waals surface area contributed by atoms with E-state index in [2.05, 4.69) is 30.3 Å². The lowest BCUT2D eigenvalue weighted by molar-refractivity contribution is 0.944. The Morgan fingerprint density at radius 2 is 1.83 bits per heavy atom. The number of nitrogens with two attached hydrogens (primary N) is 1. The van der Waals surface area contributed by atoms with Crippen LogP contribution >= 0.6 is 23.4 Å². The zero-order valence-corrected chi connectivity index (χ0v) is 11.7. The molecule has 0 atom stereocenters. The zero-order chi connectivity index (χ0) is 12.8. The summed E-state index contributed by atoms with van der Waals surface area (Å²) in [6.07, 6.45) is 0.873.